The number of nitrogens with zero attached hydrogens (tertiary/aromatic N) is 6. The van der Waals surface area contributed by atoms with E-state index in [1.807, 2.05) is 19.1 Å². The Bertz CT molecular complexity index is 1360. The number of pyridine rings is 1. The third-order valence-electron chi connectivity index (χ3n) is 6.93. The van der Waals surface area contributed by atoms with Gasteiger partial charge in [-0.05, 0) is 50.7 Å². The summed E-state index contributed by atoms with van der Waals surface area (Å²) in [6.45, 7) is 4.07. The topological polar surface area (TPSA) is 143 Å². The maximum atomic E-state index is 13.6. The van der Waals surface area contributed by atoms with Crippen LogP contribution < -0.4 is 9.46 Å². The van der Waals surface area contributed by atoms with Crippen LogP contribution in [0, 0.1) is 6.92 Å². The molecule has 2 aliphatic rings. The molecular formula is C24H31N7O5S. The number of hydrogen-bond acceptors (Lipinski definition) is 10. The highest BCUT2D eigenvalue weighted by atomic mass is 32.2. The van der Waals surface area contributed by atoms with Crippen molar-refractivity contribution in [3.63, 3.8) is 0 Å². The minimum atomic E-state index is -3.99. The molecule has 0 unspecified atom stereocenters. The summed E-state index contributed by atoms with van der Waals surface area (Å²) in [6.07, 6.45) is 5.77. The van der Waals surface area contributed by atoms with Gasteiger partial charge in [0.25, 0.3) is 0 Å². The molecule has 12 nitrogen and oxygen atoms in total. The number of nitrogens with one attached hydrogen (secondary N) is 1. The van der Waals surface area contributed by atoms with E-state index in [2.05, 4.69) is 29.9 Å². The molecule has 0 radical (unpaired) electrons. The van der Waals surface area contributed by atoms with E-state index in [9.17, 15) is 8.42 Å². The lowest BCUT2D eigenvalue weighted by molar-refractivity contribution is -0.0166. The Kier molecular flexibility index (Phi) is 7.10. The number of ether oxygens (including phenoxy) is 3. The van der Waals surface area contributed by atoms with Gasteiger partial charge in [0, 0.05) is 32.2 Å². The lowest BCUT2D eigenvalue weighted by Gasteiger charge is -2.35. The number of anilines is 1. The van der Waals surface area contributed by atoms with Gasteiger partial charge in [0.2, 0.25) is 21.9 Å². The normalized spacial score (nSPS) is 21.0. The molecule has 1 saturated heterocycles. The molecular weight excluding hydrogens is 498 g/mol. The van der Waals surface area contributed by atoms with Crippen molar-refractivity contribution in [3.05, 3.63) is 41.5 Å². The van der Waals surface area contributed by atoms with Gasteiger partial charge in [0.05, 0.1) is 19.3 Å². The van der Waals surface area contributed by atoms with Gasteiger partial charge < -0.3 is 14.2 Å². The van der Waals surface area contributed by atoms with Crippen LogP contribution in [0.2, 0.25) is 0 Å². The standard InChI is InChI=1S/C24H31N7O5S/c1-14-12-25-22(26-13-14)21(35-4)15(2)37(32,33)30-24-29-28-23-20-16(8-9-19(27-20)34-3)11-17(31(23)24)18-7-5-6-10-36-18/h8-9,12-13,15,17-18,21H,5-7,10-11H2,1-4H3,(H,29,30)/t15-,17+,18-,21-/m0/s1. The van der Waals surface area contributed by atoms with Crippen molar-refractivity contribution in [2.24, 2.45) is 0 Å². The van der Waals surface area contributed by atoms with E-state index in [0.29, 0.717) is 30.4 Å². The molecule has 3 aromatic rings. The van der Waals surface area contributed by atoms with E-state index in [-0.39, 0.29) is 23.9 Å². The Morgan fingerprint density at radius 2 is 1.95 bits per heavy atom. The van der Waals surface area contributed by atoms with E-state index in [0.717, 1.165) is 30.4 Å². The lowest BCUT2D eigenvalue weighted by Crippen LogP contribution is -2.37. The molecule has 198 valence electrons. The first-order valence-corrected chi connectivity index (χ1v) is 13.8. The molecule has 5 heterocycles. The largest absolute Gasteiger partial charge is 0.481 e. The van der Waals surface area contributed by atoms with E-state index in [4.69, 9.17) is 14.2 Å². The maximum absolute atomic E-state index is 13.6. The fourth-order valence-electron chi connectivity index (χ4n) is 4.90. The highest BCUT2D eigenvalue weighted by Crippen LogP contribution is 2.40. The summed E-state index contributed by atoms with van der Waals surface area (Å²) >= 11 is 0. The molecule has 0 spiro atoms. The van der Waals surface area contributed by atoms with Crippen molar-refractivity contribution < 1.29 is 22.6 Å². The van der Waals surface area contributed by atoms with Crippen LogP contribution in [0.15, 0.2) is 24.5 Å². The summed E-state index contributed by atoms with van der Waals surface area (Å²) in [7, 11) is -1.01. The molecule has 5 rings (SSSR count). The summed E-state index contributed by atoms with van der Waals surface area (Å²) in [6, 6.07) is 3.58. The van der Waals surface area contributed by atoms with E-state index in [1.165, 1.54) is 7.11 Å². The average Bonchev–Trinajstić information content (AvgIpc) is 3.33. The predicted molar refractivity (Wildman–Crippen MR) is 135 cm³/mol. The number of methoxy groups -OCH3 is 2. The fraction of sp³-hybridized carbons (Fsp3) is 0.542. The van der Waals surface area contributed by atoms with Crippen LogP contribution in [0.25, 0.3) is 11.5 Å². The van der Waals surface area contributed by atoms with Gasteiger partial charge in [0.1, 0.15) is 17.0 Å². The summed E-state index contributed by atoms with van der Waals surface area (Å²) in [5, 5.41) is 7.58. The van der Waals surface area contributed by atoms with E-state index in [1.54, 1.807) is 31.0 Å². The van der Waals surface area contributed by atoms with Gasteiger partial charge >= 0.3 is 0 Å². The van der Waals surface area contributed by atoms with Crippen molar-refractivity contribution >= 4 is 16.0 Å². The fourth-order valence-corrected chi connectivity index (χ4v) is 6.04. The molecule has 13 heteroatoms. The number of aromatic nitrogens is 6. The number of hydrogen-bond donors (Lipinski definition) is 1. The zero-order chi connectivity index (χ0) is 26.2. The molecule has 0 amide bonds. The van der Waals surface area contributed by atoms with E-state index >= 15 is 0 Å². The van der Waals surface area contributed by atoms with Crippen molar-refractivity contribution in [3.8, 4) is 17.4 Å². The SMILES string of the molecule is COc1ccc2c(n1)-c1nnc(NS(=O)(=O)[C@@H](C)[C@H](OC)c3ncc(C)cn3)n1[C@@H]([C@@H]1CCCCO1)C2. The third-order valence-corrected chi connectivity index (χ3v) is 8.63. The van der Waals surface area contributed by atoms with Crippen LogP contribution in [0.3, 0.4) is 0 Å². The van der Waals surface area contributed by atoms with Crippen LogP contribution in [-0.2, 0) is 25.9 Å². The summed E-state index contributed by atoms with van der Waals surface area (Å²) in [5.74, 6) is 1.30. The van der Waals surface area contributed by atoms with Gasteiger partial charge in [-0.3, -0.25) is 9.29 Å². The summed E-state index contributed by atoms with van der Waals surface area (Å²) in [4.78, 5) is 13.1. The molecule has 0 saturated carbocycles. The zero-order valence-electron chi connectivity index (χ0n) is 21.3. The molecule has 4 atom stereocenters. The van der Waals surface area contributed by atoms with E-state index < -0.39 is 21.4 Å². The van der Waals surface area contributed by atoms with Crippen LogP contribution in [0.1, 0.15) is 55.3 Å². The molecule has 0 aliphatic carbocycles. The van der Waals surface area contributed by atoms with Crippen LogP contribution in [0.5, 0.6) is 5.88 Å². The molecule has 0 aromatic carbocycles. The van der Waals surface area contributed by atoms with Gasteiger partial charge in [-0.1, -0.05) is 6.07 Å². The van der Waals surface area contributed by atoms with Gasteiger partial charge in [0.15, 0.2) is 11.6 Å². The number of aryl methyl sites for hydroxylation is 1. The lowest BCUT2D eigenvalue weighted by atomic mass is 9.92. The Labute approximate surface area is 215 Å². The highest BCUT2D eigenvalue weighted by Gasteiger charge is 2.39. The number of rotatable bonds is 8. The Morgan fingerprint density at radius 1 is 1.16 bits per heavy atom. The minimum Gasteiger partial charge on any atom is -0.481 e. The Hall–Kier alpha value is -3.16. The van der Waals surface area contributed by atoms with Crippen molar-refractivity contribution in [1.82, 2.24) is 29.7 Å². The van der Waals surface area contributed by atoms with Crippen molar-refractivity contribution in [1.29, 1.82) is 0 Å². The third kappa shape index (κ3) is 4.90. The number of sulfonamides is 1. The summed E-state index contributed by atoms with van der Waals surface area (Å²) < 4.78 is 48.5. The van der Waals surface area contributed by atoms with Gasteiger partial charge in [-0.25, -0.2) is 23.4 Å². The molecule has 1 fully saturated rings. The molecule has 2 aliphatic heterocycles. The molecule has 1 N–H and O–H groups in total. The highest BCUT2D eigenvalue weighted by molar-refractivity contribution is 7.93. The van der Waals surface area contributed by atoms with Crippen LogP contribution in [0.4, 0.5) is 5.95 Å². The first-order chi connectivity index (χ1) is 17.8. The van der Waals surface area contributed by atoms with Crippen molar-refractivity contribution in [2.45, 2.75) is 63.0 Å². The Morgan fingerprint density at radius 3 is 2.62 bits per heavy atom. The number of fused-ring (bicyclic) bond motifs is 3. The first kappa shape index (κ1) is 25.5. The zero-order valence-corrected chi connectivity index (χ0v) is 22.1. The van der Waals surface area contributed by atoms with Crippen molar-refractivity contribution in [2.75, 3.05) is 25.5 Å². The monoisotopic (exact) mass is 529 g/mol. The second-order valence-electron chi connectivity index (χ2n) is 9.38. The second-order valence-corrected chi connectivity index (χ2v) is 11.4. The minimum absolute atomic E-state index is 0.105. The van der Waals surface area contributed by atoms with Gasteiger partial charge in [-0.15, -0.1) is 10.2 Å². The second kappa shape index (κ2) is 10.3. The molecule has 37 heavy (non-hydrogen) atoms. The van der Waals surface area contributed by atoms with Crippen LogP contribution in [-0.4, -0.2) is 70.3 Å². The van der Waals surface area contributed by atoms with Crippen LogP contribution >= 0.6 is 0 Å². The molecule has 3 aromatic heterocycles. The maximum Gasteiger partial charge on any atom is 0.240 e. The summed E-state index contributed by atoms with van der Waals surface area (Å²) in [5.41, 5.74) is 2.46. The predicted octanol–water partition coefficient (Wildman–Crippen LogP) is 2.63. The average molecular weight is 530 g/mol. The Balaban J connectivity index is 1.51. The quantitative estimate of drug-likeness (QED) is 0.462. The first-order valence-electron chi connectivity index (χ1n) is 12.3. The smallest absolute Gasteiger partial charge is 0.240 e. The van der Waals surface area contributed by atoms with Gasteiger partial charge in [-0.2, -0.15) is 0 Å². The molecule has 0 bridgehead atoms.